The van der Waals surface area contributed by atoms with E-state index in [4.69, 9.17) is 4.74 Å². The first-order valence-corrected chi connectivity index (χ1v) is 6.46. The fourth-order valence-electron chi connectivity index (χ4n) is 1.67. The zero-order chi connectivity index (χ0) is 13.4. The van der Waals surface area contributed by atoms with Crippen LogP contribution in [0, 0.1) is 6.42 Å². The van der Waals surface area contributed by atoms with Gasteiger partial charge < -0.3 is 15.4 Å². The highest BCUT2D eigenvalue weighted by atomic mass is 16.6. The first-order valence-electron chi connectivity index (χ1n) is 6.46. The standard InChI is InChI=1S/C13H21N2O3/c1-12(2,3)18-11(17)15-13(6-7-13)8-10(16)14-9-4-5-9/h8-9H,4-7H2,1-3H3,(H,14,16)(H,15,17). The Labute approximate surface area is 108 Å². The maximum absolute atomic E-state index is 11.7. The number of rotatable bonds is 4. The predicted molar refractivity (Wildman–Crippen MR) is 66.8 cm³/mol. The van der Waals surface area contributed by atoms with E-state index in [1.54, 1.807) is 6.42 Å². The fraction of sp³-hybridized carbons (Fsp3) is 0.769. The molecule has 2 fully saturated rings. The number of nitrogens with one attached hydrogen (secondary N) is 2. The fourth-order valence-corrected chi connectivity index (χ4v) is 1.67. The summed E-state index contributed by atoms with van der Waals surface area (Å²) in [6, 6.07) is 0.339. The van der Waals surface area contributed by atoms with Crippen LogP contribution in [0.1, 0.15) is 46.5 Å². The lowest BCUT2D eigenvalue weighted by Crippen LogP contribution is -2.44. The van der Waals surface area contributed by atoms with Crippen LogP contribution in [-0.2, 0) is 9.53 Å². The maximum atomic E-state index is 11.7. The Bertz CT molecular complexity index is 352. The molecule has 0 unspecified atom stereocenters. The monoisotopic (exact) mass is 253 g/mol. The van der Waals surface area contributed by atoms with E-state index in [9.17, 15) is 9.59 Å². The van der Waals surface area contributed by atoms with E-state index in [-0.39, 0.29) is 5.91 Å². The topological polar surface area (TPSA) is 67.4 Å². The van der Waals surface area contributed by atoms with E-state index in [1.165, 1.54) is 0 Å². The molecular formula is C13H21N2O3. The highest BCUT2D eigenvalue weighted by Crippen LogP contribution is 2.38. The van der Waals surface area contributed by atoms with Crippen LogP contribution in [0.5, 0.6) is 0 Å². The summed E-state index contributed by atoms with van der Waals surface area (Å²) in [6.07, 6.45) is 4.83. The van der Waals surface area contributed by atoms with Crippen molar-refractivity contribution in [3.05, 3.63) is 6.42 Å². The highest BCUT2D eigenvalue weighted by molar-refractivity contribution is 5.88. The number of hydrogen-bond acceptors (Lipinski definition) is 3. The molecule has 0 spiro atoms. The predicted octanol–water partition coefficient (Wildman–Crippen LogP) is 1.53. The molecule has 2 saturated carbocycles. The number of amides is 2. The summed E-state index contributed by atoms with van der Waals surface area (Å²) in [7, 11) is 0. The van der Waals surface area contributed by atoms with Gasteiger partial charge in [-0.3, -0.25) is 4.79 Å². The minimum absolute atomic E-state index is 0.0916. The minimum atomic E-state index is -0.517. The van der Waals surface area contributed by atoms with E-state index in [0.717, 1.165) is 25.7 Å². The Morgan fingerprint density at radius 3 is 2.33 bits per heavy atom. The van der Waals surface area contributed by atoms with E-state index < -0.39 is 17.2 Å². The molecule has 2 aliphatic carbocycles. The molecule has 0 aromatic rings. The van der Waals surface area contributed by atoms with E-state index in [1.807, 2.05) is 20.8 Å². The molecule has 0 bridgehead atoms. The largest absolute Gasteiger partial charge is 0.444 e. The molecule has 1 radical (unpaired) electrons. The molecule has 0 aliphatic heterocycles. The van der Waals surface area contributed by atoms with Crippen LogP contribution in [0.3, 0.4) is 0 Å². The van der Waals surface area contributed by atoms with Gasteiger partial charge >= 0.3 is 6.09 Å². The quantitative estimate of drug-likeness (QED) is 0.798. The molecule has 0 heterocycles. The van der Waals surface area contributed by atoms with Gasteiger partial charge in [0.25, 0.3) is 0 Å². The second-order valence-corrected chi connectivity index (χ2v) is 6.21. The minimum Gasteiger partial charge on any atom is -0.444 e. The zero-order valence-corrected chi connectivity index (χ0v) is 11.2. The van der Waals surface area contributed by atoms with Crippen molar-refractivity contribution in [2.45, 2.75) is 63.6 Å². The van der Waals surface area contributed by atoms with Gasteiger partial charge in [0, 0.05) is 6.04 Å². The molecular weight excluding hydrogens is 232 g/mol. The molecule has 101 valence electrons. The van der Waals surface area contributed by atoms with Crippen molar-refractivity contribution >= 4 is 12.0 Å². The number of ether oxygens (including phenoxy) is 1. The third kappa shape index (κ3) is 4.20. The Balaban J connectivity index is 1.76. The van der Waals surface area contributed by atoms with Crippen molar-refractivity contribution in [1.82, 2.24) is 10.6 Å². The van der Waals surface area contributed by atoms with Crippen molar-refractivity contribution in [2.75, 3.05) is 0 Å². The Morgan fingerprint density at radius 2 is 1.89 bits per heavy atom. The van der Waals surface area contributed by atoms with Gasteiger partial charge in [-0.05, 0) is 46.5 Å². The van der Waals surface area contributed by atoms with Crippen molar-refractivity contribution in [1.29, 1.82) is 0 Å². The summed E-state index contributed by atoms with van der Waals surface area (Å²) >= 11 is 0. The van der Waals surface area contributed by atoms with Gasteiger partial charge in [0.15, 0.2) is 0 Å². The van der Waals surface area contributed by atoms with Crippen molar-refractivity contribution < 1.29 is 14.3 Å². The SMILES string of the molecule is CC(C)(C)OC(=O)NC1([CH]C(=O)NC2CC2)CC1. The van der Waals surface area contributed by atoms with Gasteiger partial charge in [-0.25, -0.2) is 4.79 Å². The summed E-state index contributed by atoms with van der Waals surface area (Å²) in [5.74, 6) is -0.0916. The summed E-state index contributed by atoms with van der Waals surface area (Å²) in [5, 5.41) is 5.66. The van der Waals surface area contributed by atoms with E-state index in [2.05, 4.69) is 10.6 Å². The first kappa shape index (κ1) is 13.2. The van der Waals surface area contributed by atoms with Crippen molar-refractivity contribution in [3.8, 4) is 0 Å². The lowest BCUT2D eigenvalue weighted by molar-refractivity contribution is -0.118. The van der Waals surface area contributed by atoms with Gasteiger partial charge in [0.2, 0.25) is 5.91 Å². The Kier molecular flexibility index (Phi) is 3.25. The molecule has 5 nitrogen and oxygen atoms in total. The lowest BCUT2D eigenvalue weighted by Gasteiger charge is -2.23. The number of carbonyl (C=O) groups excluding carboxylic acids is 2. The van der Waals surface area contributed by atoms with Crippen LogP contribution < -0.4 is 10.6 Å². The second kappa shape index (κ2) is 4.44. The van der Waals surface area contributed by atoms with Gasteiger partial charge in [-0.15, -0.1) is 0 Å². The van der Waals surface area contributed by atoms with Crippen LogP contribution in [0.4, 0.5) is 4.79 Å². The summed E-state index contributed by atoms with van der Waals surface area (Å²) in [4.78, 5) is 23.3. The molecule has 2 N–H and O–H groups in total. The summed E-state index contributed by atoms with van der Waals surface area (Å²) < 4.78 is 5.19. The van der Waals surface area contributed by atoms with Crippen LogP contribution in [0.2, 0.25) is 0 Å². The zero-order valence-electron chi connectivity index (χ0n) is 11.2. The molecule has 18 heavy (non-hydrogen) atoms. The van der Waals surface area contributed by atoms with Crippen LogP contribution in [0.25, 0.3) is 0 Å². The lowest BCUT2D eigenvalue weighted by atomic mass is 10.1. The number of alkyl carbamates (subject to hydrolysis) is 1. The van der Waals surface area contributed by atoms with Crippen LogP contribution in [-0.4, -0.2) is 29.2 Å². The van der Waals surface area contributed by atoms with Gasteiger partial charge in [0.1, 0.15) is 5.60 Å². The van der Waals surface area contributed by atoms with Crippen LogP contribution >= 0.6 is 0 Å². The number of carbonyl (C=O) groups is 2. The third-order valence-electron chi connectivity index (χ3n) is 2.87. The van der Waals surface area contributed by atoms with Gasteiger partial charge in [-0.2, -0.15) is 0 Å². The highest BCUT2D eigenvalue weighted by Gasteiger charge is 2.47. The molecule has 0 saturated heterocycles. The molecule has 2 rings (SSSR count). The molecule has 0 aromatic carbocycles. The average Bonchev–Trinajstić information content (AvgIpc) is 3.01. The third-order valence-corrected chi connectivity index (χ3v) is 2.87. The molecule has 5 heteroatoms. The van der Waals surface area contributed by atoms with Crippen molar-refractivity contribution in [3.63, 3.8) is 0 Å². The van der Waals surface area contributed by atoms with Gasteiger partial charge in [-0.1, -0.05) is 0 Å². The second-order valence-electron chi connectivity index (χ2n) is 6.21. The first-order chi connectivity index (χ1) is 8.28. The summed E-state index contributed by atoms with van der Waals surface area (Å²) in [6.45, 7) is 5.45. The molecule has 0 atom stereocenters. The Morgan fingerprint density at radius 1 is 1.28 bits per heavy atom. The van der Waals surface area contributed by atoms with E-state index >= 15 is 0 Å². The smallest absolute Gasteiger partial charge is 0.408 e. The van der Waals surface area contributed by atoms with Crippen LogP contribution in [0.15, 0.2) is 0 Å². The molecule has 2 aliphatic rings. The Hall–Kier alpha value is -1.26. The molecule has 2 amide bonds. The summed E-state index contributed by atoms with van der Waals surface area (Å²) in [5.41, 5.74) is -1.00. The van der Waals surface area contributed by atoms with E-state index in [0.29, 0.717) is 6.04 Å². The average molecular weight is 253 g/mol. The number of hydrogen-bond donors (Lipinski definition) is 2. The maximum Gasteiger partial charge on any atom is 0.408 e. The molecule has 0 aromatic heterocycles. The van der Waals surface area contributed by atoms with Crippen molar-refractivity contribution in [2.24, 2.45) is 0 Å². The van der Waals surface area contributed by atoms with Gasteiger partial charge in [0.05, 0.1) is 12.0 Å². The normalized spacial score (nSPS) is 21.1.